The highest BCUT2D eigenvalue weighted by Gasteiger charge is 2.19. The average Bonchev–Trinajstić information content (AvgIpc) is 2.24. The minimum Gasteiger partial charge on any atom is -0.311 e. The molecule has 14 aromatic carbocycles. The molecule has 0 atom stereocenters. The lowest BCUT2D eigenvalue weighted by molar-refractivity contribution is 1.18. The molecule has 0 aliphatic carbocycles. The number of nitrogens with zero attached hydrogens (tertiary/aromatic N) is 4. The molecule has 0 aliphatic heterocycles. The van der Waals surface area contributed by atoms with Gasteiger partial charge in [0.15, 0.2) is 0 Å². The van der Waals surface area contributed by atoms with E-state index in [0.717, 1.165) is 50.8 Å². The van der Waals surface area contributed by atoms with Gasteiger partial charge >= 0.3 is 0 Å². The van der Waals surface area contributed by atoms with Crippen LogP contribution in [0.3, 0.4) is 0 Å². The van der Waals surface area contributed by atoms with Crippen molar-refractivity contribution < 1.29 is 0 Å². The molecule has 0 amide bonds. The lowest BCUT2D eigenvalue weighted by atomic mass is 9.98. The van der Waals surface area contributed by atoms with Crippen LogP contribution in [-0.4, -0.2) is 13.7 Å². The Hall–Kier alpha value is -11.7. The average molecular weight is 1120 g/mol. The van der Waals surface area contributed by atoms with Gasteiger partial charge < -0.3 is 18.6 Å². The maximum atomic E-state index is 2.39. The first-order chi connectivity index (χ1) is 43.6. The highest BCUT2D eigenvalue weighted by molar-refractivity contribution is 6.12. The molecule has 0 spiro atoms. The van der Waals surface area contributed by atoms with E-state index in [0.29, 0.717) is 0 Å². The second-order valence-electron chi connectivity index (χ2n) is 22.9. The van der Waals surface area contributed by atoms with Crippen molar-refractivity contribution in [2.24, 2.45) is 0 Å². The number of hydrogen-bond donors (Lipinski definition) is 0. The van der Waals surface area contributed by atoms with Gasteiger partial charge in [0, 0.05) is 66.4 Å². The highest BCUT2D eigenvalue weighted by Crippen LogP contribution is 2.42. The molecule has 0 unspecified atom stereocenters. The maximum Gasteiger partial charge on any atom is 0.0547 e. The van der Waals surface area contributed by atoms with E-state index >= 15 is 0 Å². The molecule has 17 rings (SSSR count). The fourth-order valence-corrected chi connectivity index (χ4v) is 13.6. The van der Waals surface area contributed by atoms with E-state index in [9.17, 15) is 0 Å². The molecule has 0 radical (unpaired) electrons. The van der Waals surface area contributed by atoms with Crippen molar-refractivity contribution in [1.29, 1.82) is 0 Å². The lowest BCUT2D eigenvalue weighted by Gasteiger charge is -2.26. The summed E-state index contributed by atoms with van der Waals surface area (Å²) in [6.45, 7) is 0. The first-order valence-electron chi connectivity index (χ1n) is 30.2. The molecule has 0 N–H and O–H groups in total. The third kappa shape index (κ3) is 8.69. The van der Waals surface area contributed by atoms with E-state index in [2.05, 4.69) is 358 Å². The molecule has 3 heterocycles. The van der Waals surface area contributed by atoms with Crippen LogP contribution in [0.15, 0.2) is 340 Å². The van der Waals surface area contributed by atoms with Gasteiger partial charge in [-0.1, -0.05) is 224 Å². The standard InChI is InChI=1S/C84H56N4/c1-4-16-67(17-5-1)86-81-27-15-12-24-75(81)78-54-64(44-53-82(78)86)61-32-28-57(29-33-61)59-36-45-70(46-37-59)85(72-49-40-63(41-50-72)66-43-52-77-74-23-11-14-26-80(74)88(84(77)56-66)69-20-8-3-9-21-69)71-47-38-60(39-48-71)58-30-34-62(35-31-58)65-42-51-76-73-22-10-13-25-79(73)87(83(76)55-65)68-18-6-2-7-19-68/h1-56H. The molecule has 4 nitrogen and oxygen atoms in total. The predicted octanol–water partition coefficient (Wildman–Crippen LogP) is 22.8. The molecule has 0 saturated heterocycles. The van der Waals surface area contributed by atoms with Gasteiger partial charge in [-0.05, 0) is 171 Å². The number of para-hydroxylation sites is 6. The third-order valence-electron chi connectivity index (χ3n) is 17.9. The van der Waals surface area contributed by atoms with Gasteiger partial charge in [-0.2, -0.15) is 0 Å². The maximum absolute atomic E-state index is 2.39. The van der Waals surface area contributed by atoms with Crippen molar-refractivity contribution in [3.8, 4) is 72.7 Å². The van der Waals surface area contributed by atoms with E-state index in [1.807, 2.05) is 0 Å². The highest BCUT2D eigenvalue weighted by atomic mass is 15.1. The lowest BCUT2D eigenvalue weighted by Crippen LogP contribution is -2.09. The summed E-state index contributed by atoms with van der Waals surface area (Å²) in [5.41, 5.74) is 25.6. The van der Waals surface area contributed by atoms with Crippen molar-refractivity contribution >= 4 is 82.5 Å². The molecule has 0 saturated carbocycles. The second-order valence-corrected chi connectivity index (χ2v) is 22.9. The minimum absolute atomic E-state index is 1.07. The summed E-state index contributed by atoms with van der Waals surface area (Å²) in [5, 5.41) is 7.50. The van der Waals surface area contributed by atoms with E-state index in [4.69, 9.17) is 0 Å². The topological polar surface area (TPSA) is 18.0 Å². The Kier molecular flexibility index (Phi) is 12.2. The van der Waals surface area contributed by atoms with Crippen LogP contribution >= 0.6 is 0 Å². The molecule has 0 fully saturated rings. The third-order valence-corrected chi connectivity index (χ3v) is 17.9. The zero-order chi connectivity index (χ0) is 58.1. The Morgan fingerprint density at radius 1 is 0.159 bits per heavy atom. The van der Waals surface area contributed by atoms with Crippen molar-refractivity contribution in [2.45, 2.75) is 0 Å². The first-order valence-corrected chi connectivity index (χ1v) is 30.2. The first kappa shape index (κ1) is 50.8. The zero-order valence-electron chi connectivity index (χ0n) is 48.1. The second kappa shape index (κ2) is 21.1. The molecule has 17 aromatic rings. The van der Waals surface area contributed by atoms with Gasteiger partial charge in [0.2, 0.25) is 0 Å². The van der Waals surface area contributed by atoms with Crippen molar-refractivity contribution in [3.05, 3.63) is 340 Å². The van der Waals surface area contributed by atoms with E-state index in [1.165, 1.54) is 104 Å². The Balaban J connectivity index is 0.695. The minimum atomic E-state index is 1.07. The number of fused-ring (bicyclic) bond motifs is 9. The van der Waals surface area contributed by atoms with Gasteiger partial charge in [-0.15, -0.1) is 0 Å². The number of hydrogen-bond acceptors (Lipinski definition) is 1. The Labute approximate surface area is 510 Å². The molecule has 88 heavy (non-hydrogen) atoms. The summed E-state index contributed by atoms with van der Waals surface area (Å²) >= 11 is 0. The SMILES string of the molecule is c1ccc(-n2c3ccccc3c3cc(-c4ccc(-c5ccc(N(c6ccc(-c7ccc(-c8ccc9c%10ccccc%10n(-c%10ccccc%10)c9c8)cc7)cc6)c6ccc(-c7ccc8c9ccccc9n(-c9ccccc9)c8c7)cc6)cc5)cc4)ccc32)cc1. The van der Waals surface area contributed by atoms with Gasteiger partial charge in [0.25, 0.3) is 0 Å². The van der Waals surface area contributed by atoms with Crippen molar-refractivity contribution in [2.75, 3.05) is 4.90 Å². The Morgan fingerprint density at radius 3 is 0.761 bits per heavy atom. The van der Waals surface area contributed by atoms with E-state index in [1.54, 1.807) is 0 Å². The van der Waals surface area contributed by atoms with Gasteiger partial charge in [-0.3, -0.25) is 0 Å². The molecule has 0 bridgehead atoms. The summed E-state index contributed by atoms with van der Waals surface area (Å²) < 4.78 is 7.14. The molecule has 412 valence electrons. The summed E-state index contributed by atoms with van der Waals surface area (Å²) in [6.07, 6.45) is 0. The molecular weight excluding hydrogens is 1060 g/mol. The smallest absolute Gasteiger partial charge is 0.0547 e. The van der Waals surface area contributed by atoms with Gasteiger partial charge in [-0.25, -0.2) is 0 Å². The fourth-order valence-electron chi connectivity index (χ4n) is 13.6. The number of benzene rings is 14. The Morgan fingerprint density at radius 2 is 0.398 bits per heavy atom. The van der Waals surface area contributed by atoms with E-state index in [-0.39, 0.29) is 0 Å². The summed E-state index contributed by atoms with van der Waals surface area (Å²) in [7, 11) is 0. The normalized spacial score (nSPS) is 11.6. The summed E-state index contributed by atoms with van der Waals surface area (Å²) in [6, 6.07) is 124. The van der Waals surface area contributed by atoms with Crippen LogP contribution in [0.2, 0.25) is 0 Å². The van der Waals surface area contributed by atoms with Crippen LogP contribution in [0.25, 0.3) is 138 Å². The zero-order valence-corrected chi connectivity index (χ0v) is 48.1. The number of anilines is 3. The van der Waals surface area contributed by atoms with Crippen LogP contribution in [0, 0.1) is 0 Å². The summed E-state index contributed by atoms with van der Waals surface area (Å²) in [4.78, 5) is 2.37. The van der Waals surface area contributed by atoms with Crippen LogP contribution in [0.1, 0.15) is 0 Å². The molecule has 0 aliphatic rings. The van der Waals surface area contributed by atoms with E-state index < -0.39 is 0 Å². The molecule has 4 heteroatoms. The largest absolute Gasteiger partial charge is 0.311 e. The van der Waals surface area contributed by atoms with Crippen LogP contribution in [0.5, 0.6) is 0 Å². The van der Waals surface area contributed by atoms with Crippen molar-refractivity contribution in [3.63, 3.8) is 0 Å². The number of aromatic nitrogens is 3. The monoisotopic (exact) mass is 1120 g/mol. The quantitative estimate of drug-likeness (QED) is 0.126. The fraction of sp³-hybridized carbons (Fsp3) is 0. The van der Waals surface area contributed by atoms with Crippen molar-refractivity contribution in [1.82, 2.24) is 13.7 Å². The molecular formula is C84H56N4. The van der Waals surface area contributed by atoms with Gasteiger partial charge in [0.05, 0.1) is 33.1 Å². The van der Waals surface area contributed by atoms with Crippen LogP contribution in [-0.2, 0) is 0 Å². The Bertz CT molecular complexity index is 5430. The van der Waals surface area contributed by atoms with Crippen LogP contribution < -0.4 is 4.90 Å². The number of rotatable bonds is 11. The molecule has 3 aromatic heterocycles. The van der Waals surface area contributed by atoms with Crippen LogP contribution in [0.4, 0.5) is 17.1 Å². The summed E-state index contributed by atoms with van der Waals surface area (Å²) in [5.74, 6) is 0. The van der Waals surface area contributed by atoms with Gasteiger partial charge in [0.1, 0.15) is 0 Å². The predicted molar refractivity (Wildman–Crippen MR) is 371 cm³/mol.